The molecule has 0 aliphatic rings. The topological polar surface area (TPSA) is 79.6 Å². The largest absolute Gasteiger partial charge is 0.382 e. The van der Waals surface area contributed by atoms with Gasteiger partial charge in [-0.15, -0.1) is 0 Å². The molecule has 0 bridgehead atoms. The van der Waals surface area contributed by atoms with Crippen LogP contribution in [0.1, 0.15) is 6.92 Å². The number of pyridine rings is 1. The van der Waals surface area contributed by atoms with Gasteiger partial charge in [0.05, 0.1) is 5.52 Å². The van der Waals surface area contributed by atoms with Crippen LogP contribution in [0.25, 0.3) is 22.0 Å². The van der Waals surface area contributed by atoms with Gasteiger partial charge in [-0.3, -0.25) is 5.10 Å². The smallest absolute Gasteiger partial charge is 0.153 e. The average Bonchev–Trinajstić information content (AvgIpc) is 2.81. The van der Waals surface area contributed by atoms with E-state index in [4.69, 9.17) is 5.73 Å². The van der Waals surface area contributed by atoms with Crippen molar-refractivity contribution in [2.45, 2.75) is 6.92 Å². The molecule has 3 aromatic rings. The summed E-state index contributed by atoms with van der Waals surface area (Å²) in [5.41, 5.74) is 8.98. The van der Waals surface area contributed by atoms with E-state index in [1.165, 1.54) is 0 Å². The summed E-state index contributed by atoms with van der Waals surface area (Å²) in [6.07, 6.45) is 1.80. The lowest BCUT2D eigenvalue weighted by molar-refractivity contribution is 1.13. The van der Waals surface area contributed by atoms with Gasteiger partial charge < -0.3 is 11.1 Å². The fourth-order valence-electron chi connectivity index (χ4n) is 2.10. The maximum Gasteiger partial charge on any atom is 0.153 e. The van der Waals surface area contributed by atoms with Crippen molar-refractivity contribution in [3.8, 4) is 11.1 Å². The number of hydrogen-bond donors (Lipinski definition) is 3. The molecule has 2 aromatic heterocycles. The highest BCUT2D eigenvalue weighted by molar-refractivity contribution is 5.92. The molecular weight excluding hydrogens is 238 g/mol. The number of aromatic nitrogens is 3. The number of H-pyrrole nitrogens is 1. The maximum absolute atomic E-state index is 5.83. The van der Waals surface area contributed by atoms with Crippen LogP contribution in [0.15, 0.2) is 36.5 Å². The first-order valence-corrected chi connectivity index (χ1v) is 6.22. The first-order valence-electron chi connectivity index (χ1n) is 6.22. The Labute approximate surface area is 110 Å². The van der Waals surface area contributed by atoms with Gasteiger partial charge in [-0.25, -0.2) is 4.98 Å². The van der Waals surface area contributed by atoms with Gasteiger partial charge in [0.15, 0.2) is 5.82 Å². The van der Waals surface area contributed by atoms with Gasteiger partial charge in [0.25, 0.3) is 0 Å². The lowest BCUT2D eigenvalue weighted by atomic mass is 10.0. The Kier molecular flexibility index (Phi) is 2.79. The van der Waals surface area contributed by atoms with E-state index >= 15 is 0 Å². The number of rotatable bonds is 3. The van der Waals surface area contributed by atoms with E-state index in [2.05, 4.69) is 20.5 Å². The third-order valence-electron chi connectivity index (χ3n) is 3.04. The summed E-state index contributed by atoms with van der Waals surface area (Å²) < 4.78 is 0. The normalized spacial score (nSPS) is 10.8. The number of nitrogens with zero attached hydrogens (tertiary/aromatic N) is 2. The molecule has 2 heterocycles. The molecule has 96 valence electrons. The van der Waals surface area contributed by atoms with Crippen molar-refractivity contribution in [3.05, 3.63) is 36.5 Å². The van der Waals surface area contributed by atoms with Gasteiger partial charge in [-0.1, -0.05) is 6.07 Å². The van der Waals surface area contributed by atoms with Gasteiger partial charge in [0, 0.05) is 18.1 Å². The molecule has 19 heavy (non-hydrogen) atoms. The van der Waals surface area contributed by atoms with Crippen molar-refractivity contribution >= 4 is 22.5 Å². The molecule has 0 unspecified atom stereocenters. The summed E-state index contributed by atoms with van der Waals surface area (Å²) in [6, 6.07) is 10.1. The summed E-state index contributed by atoms with van der Waals surface area (Å²) in [4.78, 5) is 4.27. The lowest BCUT2D eigenvalue weighted by Crippen LogP contribution is -1.98. The Bertz CT molecular complexity index is 717. The van der Waals surface area contributed by atoms with E-state index < -0.39 is 0 Å². The third-order valence-corrected chi connectivity index (χ3v) is 3.04. The maximum atomic E-state index is 5.83. The predicted octanol–water partition coefficient (Wildman–Crippen LogP) is 2.64. The number of benzene rings is 1. The van der Waals surface area contributed by atoms with Crippen molar-refractivity contribution in [2.75, 3.05) is 17.6 Å². The predicted molar refractivity (Wildman–Crippen MR) is 77.9 cm³/mol. The second kappa shape index (κ2) is 4.61. The quantitative estimate of drug-likeness (QED) is 0.670. The van der Waals surface area contributed by atoms with Gasteiger partial charge in [-0.2, -0.15) is 5.10 Å². The monoisotopic (exact) mass is 253 g/mol. The van der Waals surface area contributed by atoms with Crippen molar-refractivity contribution in [1.82, 2.24) is 15.2 Å². The summed E-state index contributed by atoms with van der Waals surface area (Å²) >= 11 is 0. The molecule has 5 heteroatoms. The molecule has 1 aromatic carbocycles. The molecule has 0 saturated carbocycles. The molecule has 0 aliphatic heterocycles. The summed E-state index contributed by atoms with van der Waals surface area (Å²) in [6.45, 7) is 2.90. The summed E-state index contributed by atoms with van der Waals surface area (Å²) in [5, 5.41) is 11.1. The van der Waals surface area contributed by atoms with Crippen LogP contribution in [0.4, 0.5) is 11.6 Å². The SMILES string of the molecule is CCNc1cc(-c2ccc3[nH]nc(N)c3c2)ccn1. The molecule has 5 nitrogen and oxygen atoms in total. The zero-order chi connectivity index (χ0) is 13.2. The van der Waals surface area contributed by atoms with Crippen molar-refractivity contribution in [1.29, 1.82) is 0 Å². The molecule has 0 spiro atoms. The van der Waals surface area contributed by atoms with Crippen LogP contribution < -0.4 is 11.1 Å². The second-order valence-corrected chi connectivity index (χ2v) is 4.33. The van der Waals surface area contributed by atoms with E-state index in [9.17, 15) is 0 Å². The molecule has 0 fully saturated rings. The minimum atomic E-state index is 0.526. The molecule has 0 aliphatic carbocycles. The number of nitrogen functional groups attached to an aromatic ring is 1. The molecule has 0 atom stereocenters. The average molecular weight is 253 g/mol. The van der Waals surface area contributed by atoms with Gasteiger partial charge >= 0.3 is 0 Å². The standard InChI is InChI=1S/C14H15N5/c1-2-16-13-8-10(5-6-17-13)9-3-4-12-11(7-9)14(15)19-18-12/h3-8H,2H2,1H3,(H,16,17)(H3,15,18,19). The van der Waals surface area contributed by atoms with Crippen LogP contribution in [0.5, 0.6) is 0 Å². The Hall–Kier alpha value is -2.56. The second-order valence-electron chi connectivity index (χ2n) is 4.33. The number of aromatic amines is 1. The van der Waals surface area contributed by atoms with Crippen molar-refractivity contribution in [3.63, 3.8) is 0 Å². The van der Waals surface area contributed by atoms with Crippen LogP contribution in [0, 0.1) is 0 Å². The van der Waals surface area contributed by atoms with E-state index in [0.717, 1.165) is 34.4 Å². The number of nitrogens with one attached hydrogen (secondary N) is 2. The van der Waals surface area contributed by atoms with Crippen molar-refractivity contribution < 1.29 is 0 Å². The first-order chi connectivity index (χ1) is 9.28. The number of nitrogens with two attached hydrogens (primary N) is 1. The third kappa shape index (κ3) is 2.10. The highest BCUT2D eigenvalue weighted by atomic mass is 15.1. The fourth-order valence-corrected chi connectivity index (χ4v) is 2.10. The summed E-state index contributed by atoms with van der Waals surface area (Å²) in [5.74, 6) is 1.40. The highest BCUT2D eigenvalue weighted by Gasteiger charge is 2.05. The van der Waals surface area contributed by atoms with Crippen LogP contribution in [-0.4, -0.2) is 21.7 Å². The Morgan fingerprint density at radius 3 is 2.89 bits per heavy atom. The highest BCUT2D eigenvalue weighted by Crippen LogP contribution is 2.27. The zero-order valence-corrected chi connectivity index (χ0v) is 10.6. The Balaban J connectivity index is 2.07. The molecule has 4 N–H and O–H groups in total. The van der Waals surface area contributed by atoms with Gasteiger partial charge in [-0.05, 0) is 42.3 Å². The molecule has 0 amide bonds. The molecule has 0 saturated heterocycles. The van der Waals surface area contributed by atoms with E-state index in [-0.39, 0.29) is 0 Å². The Morgan fingerprint density at radius 1 is 1.21 bits per heavy atom. The van der Waals surface area contributed by atoms with E-state index in [1.807, 2.05) is 37.3 Å². The van der Waals surface area contributed by atoms with Crippen LogP contribution >= 0.6 is 0 Å². The number of hydrogen-bond acceptors (Lipinski definition) is 4. The minimum Gasteiger partial charge on any atom is -0.382 e. The lowest BCUT2D eigenvalue weighted by Gasteiger charge is -2.06. The van der Waals surface area contributed by atoms with E-state index in [0.29, 0.717) is 5.82 Å². The molecule has 3 rings (SSSR count). The minimum absolute atomic E-state index is 0.526. The van der Waals surface area contributed by atoms with Crippen molar-refractivity contribution in [2.24, 2.45) is 0 Å². The van der Waals surface area contributed by atoms with Gasteiger partial charge in [0.2, 0.25) is 0 Å². The zero-order valence-electron chi connectivity index (χ0n) is 10.6. The van der Waals surface area contributed by atoms with Crippen LogP contribution in [-0.2, 0) is 0 Å². The van der Waals surface area contributed by atoms with Crippen LogP contribution in [0.3, 0.4) is 0 Å². The fraction of sp³-hybridized carbons (Fsp3) is 0.143. The number of fused-ring (bicyclic) bond motifs is 1. The summed E-state index contributed by atoms with van der Waals surface area (Å²) in [7, 11) is 0. The van der Waals surface area contributed by atoms with Gasteiger partial charge in [0.1, 0.15) is 5.82 Å². The molecular formula is C14H15N5. The number of anilines is 2. The van der Waals surface area contributed by atoms with E-state index in [1.54, 1.807) is 6.20 Å². The Morgan fingerprint density at radius 2 is 2.05 bits per heavy atom. The van der Waals surface area contributed by atoms with Crippen LogP contribution in [0.2, 0.25) is 0 Å². The molecule has 0 radical (unpaired) electrons. The first kappa shape index (κ1) is 11.5.